The molecule has 0 fully saturated rings. The molecule has 122 valence electrons. The Morgan fingerprint density at radius 2 is 1.92 bits per heavy atom. The first-order valence-electron chi connectivity index (χ1n) is 7.18. The van der Waals surface area contributed by atoms with Crippen LogP contribution in [0.4, 0.5) is 5.82 Å². The third-order valence-electron chi connectivity index (χ3n) is 3.17. The Hall–Kier alpha value is -2.51. The van der Waals surface area contributed by atoms with Gasteiger partial charge in [0, 0.05) is 11.8 Å². The molecule has 1 aromatic carbocycles. The predicted molar refractivity (Wildman–Crippen MR) is 97.1 cm³/mol. The summed E-state index contributed by atoms with van der Waals surface area (Å²) in [4.78, 5) is 4.21. The fourth-order valence-corrected chi connectivity index (χ4v) is 3.99. The van der Waals surface area contributed by atoms with E-state index < -0.39 is 10.0 Å². The summed E-state index contributed by atoms with van der Waals surface area (Å²) in [6, 6.07) is 16.0. The standard InChI is InChI=1S/C17H15N3O2S2/c1-13-9-10-18-15(12-13)19-17(14-6-3-2-4-7-14)20-24(21,22)16-8-5-11-23-16/h2-12H,1H3,(H,18,19,20). The number of sulfonamides is 1. The van der Waals surface area contributed by atoms with Crippen molar-refractivity contribution in [2.24, 2.45) is 4.40 Å². The first kappa shape index (κ1) is 16.4. The van der Waals surface area contributed by atoms with Crippen LogP contribution >= 0.6 is 11.3 Å². The maximum atomic E-state index is 12.5. The van der Waals surface area contributed by atoms with Crippen molar-refractivity contribution in [3.8, 4) is 0 Å². The van der Waals surface area contributed by atoms with Crippen LogP contribution in [0, 0.1) is 6.92 Å². The largest absolute Gasteiger partial charge is 0.324 e. The highest BCUT2D eigenvalue weighted by atomic mass is 32.2. The summed E-state index contributed by atoms with van der Waals surface area (Å²) in [5.74, 6) is 0.779. The molecule has 0 atom stereocenters. The summed E-state index contributed by atoms with van der Waals surface area (Å²) in [7, 11) is -3.78. The van der Waals surface area contributed by atoms with Crippen LogP contribution in [0.1, 0.15) is 11.1 Å². The molecule has 0 spiro atoms. The van der Waals surface area contributed by atoms with Gasteiger partial charge >= 0.3 is 0 Å². The summed E-state index contributed by atoms with van der Waals surface area (Å²) >= 11 is 1.14. The van der Waals surface area contributed by atoms with Crippen LogP contribution in [-0.2, 0) is 10.0 Å². The van der Waals surface area contributed by atoms with Crippen LogP contribution in [0.5, 0.6) is 0 Å². The van der Waals surface area contributed by atoms with Gasteiger partial charge in [0.05, 0.1) is 0 Å². The second-order valence-electron chi connectivity index (χ2n) is 5.06. The summed E-state index contributed by atoms with van der Waals surface area (Å²) in [6.45, 7) is 1.94. The van der Waals surface area contributed by atoms with Crippen LogP contribution in [0.3, 0.4) is 0 Å². The van der Waals surface area contributed by atoms with Crippen LogP contribution in [-0.4, -0.2) is 19.2 Å². The molecule has 0 unspecified atom stereocenters. The van der Waals surface area contributed by atoms with Gasteiger partial charge in [-0.25, -0.2) is 4.98 Å². The van der Waals surface area contributed by atoms with Gasteiger partial charge in [-0.2, -0.15) is 8.42 Å². The second kappa shape index (κ2) is 6.94. The highest BCUT2D eigenvalue weighted by molar-refractivity contribution is 7.92. The van der Waals surface area contributed by atoms with Crippen LogP contribution in [0.15, 0.2) is 74.8 Å². The predicted octanol–water partition coefficient (Wildman–Crippen LogP) is 3.70. The van der Waals surface area contributed by atoms with Crippen molar-refractivity contribution in [1.82, 2.24) is 4.98 Å². The molecule has 0 aliphatic heterocycles. The first-order chi connectivity index (χ1) is 11.5. The number of thiophene rings is 1. The quantitative estimate of drug-likeness (QED) is 0.571. The Kier molecular flexibility index (Phi) is 4.73. The fraction of sp³-hybridized carbons (Fsp3) is 0.0588. The molecule has 0 aliphatic rings. The lowest BCUT2D eigenvalue weighted by atomic mass is 10.2. The van der Waals surface area contributed by atoms with E-state index in [-0.39, 0.29) is 10.0 Å². The molecule has 0 saturated carbocycles. The zero-order chi connectivity index (χ0) is 17.0. The Morgan fingerprint density at radius 1 is 1.12 bits per heavy atom. The lowest BCUT2D eigenvalue weighted by Gasteiger charge is -2.10. The van der Waals surface area contributed by atoms with Crippen LogP contribution < -0.4 is 5.32 Å². The van der Waals surface area contributed by atoms with Gasteiger partial charge in [-0.1, -0.05) is 36.4 Å². The summed E-state index contributed by atoms with van der Waals surface area (Å²) in [5.41, 5.74) is 1.68. The van der Waals surface area contributed by atoms with E-state index in [2.05, 4.69) is 14.7 Å². The topological polar surface area (TPSA) is 71.4 Å². The Bertz CT molecular complexity index is 951. The number of aromatic nitrogens is 1. The first-order valence-corrected chi connectivity index (χ1v) is 9.50. The van der Waals surface area contributed by atoms with Crippen molar-refractivity contribution in [2.75, 3.05) is 5.32 Å². The van der Waals surface area contributed by atoms with Crippen molar-refractivity contribution in [3.05, 3.63) is 77.3 Å². The molecule has 0 bridgehead atoms. The zero-order valence-electron chi connectivity index (χ0n) is 12.9. The average molecular weight is 357 g/mol. The van der Waals surface area contributed by atoms with E-state index >= 15 is 0 Å². The van der Waals surface area contributed by atoms with Crippen LogP contribution in [0.2, 0.25) is 0 Å². The SMILES string of the molecule is Cc1ccnc(N/C(=N\S(=O)(=O)c2cccs2)c2ccccc2)c1. The van der Waals surface area contributed by atoms with Gasteiger partial charge < -0.3 is 5.32 Å². The molecule has 2 aromatic heterocycles. The lowest BCUT2D eigenvalue weighted by molar-refractivity contribution is 0.600. The molecule has 2 heterocycles. The molecule has 24 heavy (non-hydrogen) atoms. The lowest BCUT2D eigenvalue weighted by Crippen LogP contribution is -2.17. The number of pyridine rings is 1. The van der Waals surface area contributed by atoms with E-state index in [0.29, 0.717) is 11.4 Å². The number of hydrogen-bond donors (Lipinski definition) is 1. The monoisotopic (exact) mass is 357 g/mol. The molecule has 0 saturated heterocycles. The van der Waals surface area contributed by atoms with Gasteiger partial charge in [0.1, 0.15) is 10.0 Å². The maximum absolute atomic E-state index is 12.5. The minimum atomic E-state index is -3.78. The molecule has 3 aromatic rings. The van der Waals surface area contributed by atoms with Gasteiger partial charge in [-0.05, 0) is 36.1 Å². The molecule has 0 amide bonds. The molecule has 0 radical (unpaired) electrons. The number of aryl methyl sites for hydroxylation is 1. The Labute approximate surface area is 144 Å². The van der Waals surface area contributed by atoms with Gasteiger partial charge in [0.25, 0.3) is 10.0 Å². The number of rotatable bonds is 4. The summed E-state index contributed by atoms with van der Waals surface area (Å²) in [6.07, 6.45) is 1.66. The fourth-order valence-electron chi connectivity index (χ4n) is 2.04. The van der Waals surface area contributed by atoms with Crippen molar-refractivity contribution in [2.45, 2.75) is 11.1 Å². The van der Waals surface area contributed by atoms with Gasteiger partial charge in [-0.3, -0.25) is 0 Å². The highest BCUT2D eigenvalue weighted by Gasteiger charge is 2.17. The molecular weight excluding hydrogens is 342 g/mol. The number of nitrogens with zero attached hydrogens (tertiary/aromatic N) is 2. The number of anilines is 1. The van der Waals surface area contributed by atoms with E-state index in [1.54, 1.807) is 29.8 Å². The number of amidine groups is 1. The normalized spacial score (nSPS) is 12.1. The minimum Gasteiger partial charge on any atom is -0.324 e. The summed E-state index contributed by atoms with van der Waals surface area (Å²) < 4.78 is 29.2. The van der Waals surface area contributed by atoms with Gasteiger partial charge in [0.2, 0.25) is 0 Å². The van der Waals surface area contributed by atoms with Crippen LogP contribution in [0.25, 0.3) is 0 Å². The molecular formula is C17H15N3O2S2. The third-order valence-corrected chi connectivity index (χ3v) is 5.82. The van der Waals surface area contributed by atoms with E-state index in [1.165, 1.54) is 6.07 Å². The number of hydrogen-bond acceptors (Lipinski definition) is 4. The van der Waals surface area contributed by atoms with Crippen molar-refractivity contribution < 1.29 is 8.42 Å². The van der Waals surface area contributed by atoms with E-state index in [1.807, 2.05) is 37.3 Å². The molecule has 5 nitrogen and oxygen atoms in total. The van der Waals surface area contributed by atoms with Crippen molar-refractivity contribution >= 4 is 33.0 Å². The smallest absolute Gasteiger partial charge is 0.293 e. The minimum absolute atomic E-state index is 0.204. The number of nitrogens with one attached hydrogen (secondary N) is 1. The summed E-state index contributed by atoms with van der Waals surface area (Å²) in [5, 5.41) is 4.73. The van der Waals surface area contributed by atoms with Crippen molar-refractivity contribution in [3.63, 3.8) is 0 Å². The number of benzene rings is 1. The Balaban J connectivity index is 2.04. The average Bonchev–Trinajstić information content (AvgIpc) is 3.10. The molecule has 0 aliphatic carbocycles. The zero-order valence-corrected chi connectivity index (χ0v) is 14.5. The van der Waals surface area contributed by atoms with E-state index in [0.717, 1.165) is 16.9 Å². The van der Waals surface area contributed by atoms with Gasteiger partial charge in [-0.15, -0.1) is 15.7 Å². The van der Waals surface area contributed by atoms with E-state index in [4.69, 9.17) is 0 Å². The van der Waals surface area contributed by atoms with Crippen molar-refractivity contribution in [1.29, 1.82) is 0 Å². The Morgan fingerprint density at radius 3 is 2.58 bits per heavy atom. The molecule has 1 N–H and O–H groups in total. The molecule has 3 rings (SSSR count). The molecule has 7 heteroatoms. The van der Waals surface area contributed by atoms with E-state index in [9.17, 15) is 8.42 Å². The highest BCUT2D eigenvalue weighted by Crippen LogP contribution is 2.20. The van der Waals surface area contributed by atoms with Gasteiger partial charge in [0.15, 0.2) is 5.84 Å². The maximum Gasteiger partial charge on any atom is 0.293 e. The second-order valence-corrected chi connectivity index (χ2v) is 7.84. The third kappa shape index (κ3) is 3.87.